The van der Waals surface area contributed by atoms with Gasteiger partial charge in [0.05, 0.1) is 4.70 Å². The summed E-state index contributed by atoms with van der Waals surface area (Å²) in [4.78, 5) is 28.4. The topological polar surface area (TPSA) is 72.8 Å². The number of hydrogen-bond acceptors (Lipinski definition) is 6. The molecule has 0 unspecified atom stereocenters. The number of rotatable bonds is 3. The number of hydrogen-bond donors (Lipinski definition) is 0. The Morgan fingerprint density at radius 1 is 1.10 bits per heavy atom. The number of aryl methyl sites for hydroxylation is 1. The molecule has 0 spiro atoms. The summed E-state index contributed by atoms with van der Waals surface area (Å²) in [5.41, 5.74) is 1.91. The molecule has 0 amide bonds. The van der Waals surface area contributed by atoms with Gasteiger partial charge in [-0.25, -0.2) is 4.98 Å². The second-order valence-electron chi connectivity index (χ2n) is 4.28. The van der Waals surface area contributed by atoms with Crippen LogP contribution in [0.25, 0.3) is 10.2 Å². The summed E-state index contributed by atoms with van der Waals surface area (Å²) >= 11 is 1.19. The molecule has 0 fully saturated rings. The number of aromatic nitrogens is 3. The molecule has 0 saturated heterocycles. The van der Waals surface area contributed by atoms with E-state index in [0.717, 1.165) is 4.70 Å². The predicted octanol–water partition coefficient (Wildman–Crippen LogP) is 2.46. The molecule has 1 aromatic carbocycles. The molecule has 0 saturated carbocycles. The maximum absolute atomic E-state index is 12.2. The van der Waals surface area contributed by atoms with Gasteiger partial charge in [0.15, 0.2) is 0 Å². The van der Waals surface area contributed by atoms with E-state index in [9.17, 15) is 9.59 Å². The lowest BCUT2D eigenvalue weighted by atomic mass is 10.0. The van der Waals surface area contributed by atoms with E-state index in [0.29, 0.717) is 16.8 Å². The molecule has 98 valence electrons. The Kier molecular flexibility index (Phi) is 3.08. The zero-order chi connectivity index (χ0) is 14.1. The minimum Gasteiger partial charge on any atom is -0.285 e. The molecule has 6 heteroatoms. The van der Waals surface area contributed by atoms with Crippen molar-refractivity contribution in [2.75, 3.05) is 0 Å². The van der Waals surface area contributed by atoms with Crippen LogP contribution in [0.1, 0.15) is 26.5 Å². The van der Waals surface area contributed by atoms with Crippen LogP contribution in [-0.4, -0.2) is 26.1 Å². The molecular weight excluding hydrogens is 274 g/mol. The minimum atomic E-state index is -0.606. The quantitative estimate of drug-likeness (QED) is 0.545. The van der Waals surface area contributed by atoms with Gasteiger partial charge in [0.1, 0.15) is 11.2 Å². The van der Waals surface area contributed by atoms with E-state index in [1.807, 2.05) is 0 Å². The number of ketones is 2. The molecule has 0 N–H and O–H groups in total. The zero-order valence-corrected chi connectivity index (χ0v) is 11.3. The fourth-order valence-electron chi connectivity index (χ4n) is 1.84. The SMILES string of the molecule is Cc1cccc(C(=O)C(=O)c2ccc3nnsc3c2)n1. The lowest BCUT2D eigenvalue weighted by Gasteiger charge is -2.01. The van der Waals surface area contributed by atoms with Crippen molar-refractivity contribution in [2.24, 2.45) is 0 Å². The molecular formula is C14H9N3O2S. The van der Waals surface area contributed by atoms with Gasteiger partial charge in [0.2, 0.25) is 5.78 Å². The molecule has 20 heavy (non-hydrogen) atoms. The van der Waals surface area contributed by atoms with E-state index >= 15 is 0 Å². The maximum atomic E-state index is 12.2. The summed E-state index contributed by atoms with van der Waals surface area (Å²) < 4.78 is 4.58. The van der Waals surface area contributed by atoms with Crippen LogP contribution in [0.2, 0.25) is 0 Å². The maximum Gasteiger partial charge on any atom is 0.251 e. The van der Waals surface area contributed by atoms with Crippen molar-refractivity contribution in [3.05, 3.63) is 53.3 Å². The minimum absolute atomic E-state index is 0.164. The molecule has 0 aliphatic heterocycles. The number of benzene rings is 1. The molecule has 3 aromatic rings. The van der Waals surface area contributed by atoms with Crippen molar-refractivity contribution in [1.82, 2.24) is 14.6 Å². The summed E-state index contributed by atoms with van der Waals surface area (Å²) in [6.07, 6.45) is 0. The van der Waals surface area contributed by atoms with Gasteiger partial charge in [-0.2, -0.15) is 0 Å². The lowest BCUT2D eigenvalue weighted by Crippen LogP contribution is -2.16. The number of Topliss-reactive ketones (excluding diaryl/α,β-unsaturated/α-hetero) is 2. The van der Waals surface area contributed by atoms with Gasteiger partial charge in [-0.3, -0.25) is 9.59 Å². The molecule has 0 radical (unpaired) electrons. The molecule has 2 aromatic heterocycles. The van der Waals surface area contributed by atoms with Crippen LogP contribution in [0, 0.1) is 6.92 Å². The molecule has 2 heterocycles. The van der Waals surface area contributed by atoms with Gasteiger partial charge >= 0.3 is 0 Å². The molecule has 5 nitrogen and oxygen atoms in total. The van der Waals surface area contributed by atoms with E-state index in [1.165, 1.54) is 11.5 Å². The van der Waals surface area contributed by atoms with Crippen molar-refractivity contribution in [3.8, 4) is 0 Å². The summed E-state index contributed by atoms with van der Waals surface area (Å²) in [6, 6.07) is 9.92. The number of pyridine rings is 1. The van der Waals surface area contributed by atoms with Crippen LogP contribution < -0.4 is 0 Å². The van der Waals surface area contributed by atoms with E-state index in [1.54, 1.807) is 43.3 Å². The highest BCUT2D eigenvalue weighted by Crippen LogP contribution is 2.18. The van der Waals surface area contributed by atoms with Crippen LogP contribution in [0.3, 0.4) is 0 Å². The first kappa shape index (κ1) is 12.6. The molecule has 0 aliphatic carbocycles. The third kappa shape index (κ3) is 2.21. The first-order valence-electron chi connectivity index (χ1n) is 5.90. The van der Waals surface area contributed by atoms with Crippen LogP contribution in [0.15, 0.2) is 36.4 Å². The summed E-state index contributed by atoms with van der Waals surface area (Å²) in [5, 5.41) is 3.89. The average molecular weight is 283 g/mol. The largest absolute Gasteiger partial charge is 0.285 e. The first-order valence-corrected chi connectivity index (χ1v) is 6.67. The Bertz CT molecular complexity index is 826. The smallest absolute Gasteiger partial charge is 0.251 e. The zero-order valence-electron chi connectivity index (χ0n) is 10.5. The highest BCUT2D eigenvalue weighted by Gasteiger charge is 2.20. The second-order valence-corrected chi connectivity index (χ2v) is 5.06. The van der Waals surface area contributed by atoms with Crippen molar-refractivity contribution in [1.29, 1.82) is 0 Å². The van der Waals surface area contributed by atoms with Crippen LogP contribution in [0.4, 0.5) is 0 Å². The van der Waals surface area contributed by atoms with E-state index < -0.39 is 11.6 Å². The molecule has 0 aliphatic rings. The highest BCUT2D eigenvalue weighted by molar-refractivity contribution is 7.12. The number of fused-ring (bicyclic) bond motifs is 1. The molecule has 0 atom stereocenters. The van der Waals surface area contributed by atoms with Crippen molar-refractivity contribution in [2.45, 2.75) is 6.92 Å². The summed E-state index contributed by atoms with van der Waals surface area (Å²) in [5.74, 6) is -1.18. The lowest BCUT2D eigenvalue weighted by molar-refractivity contribution is 0.0814. The third-order valence-electron chi connectivity index (χ3n) is 2.84. The Morgan fingerprint density at radius 2 is 1.95 bits per heavy atom. The van der Waals surface area contributed by atoms with E-state index in [4.69, 9.17) is 0 Å². The summed E-state index contributed by atoms with van der Waals surface area (Å²) in [6.45, 7) is 1.77. The van der Waals surface area contributed by atoms with Crippen LogP contribution in [0.5, 0.6) is 0 Å². The Morgan fingerprint density at radius 3 is 2.75 bits per heavy atom. The monoisotopic (exact) mass is 283 g/mol. The summed E-state index contributed by atoms with van der Waals surface area (Å²) in [7, 11) is 0. The number of carbonyl (C=O) groups is 2. The standard InChI is InChI=1S/C14H9N3O2S/c1-8-3-2-4-11(15-8)14(19)13(18)9-5-6-10-12(7-9)20-17-16-10/h2-7H,1H3. The Balaban J connectivity index is 1.97. The number of nitrogens with zero attached hydrogens (tertiary/aromatic N) is 3. The van der Waals surface area contributed by atoms with Crippen molar-refractivity contribution >= 4 is 33.3 Å². The highest BCUT2D eigenvalue weighted by atomic mass is 32.1. The van der Waals surface area contributed by atoms with Gasteiger partial charge in [-0.1, -0.05) is 10.6 Å². The third-order valence-corrected chi connectivity index (χ3v) is 3.52. The Hall–Kier alpha value is -2.47. The second kappa shape index (κ2) is 4.90. The van der Waals surface area contributed by atoms with E-state index in [-0.39, 0.29) is 5.69 Å². The van der Waals surface area contributed by atoms with Crippen LogP contribution >= 0.6 is 11.5 Å². The van der Waals surface area contributed by atoms with Gasteiger partial charge in [-0.15, -0.1) is 5.10 Å². The van der Waals surface area contributed by atoms with E-state index in [2.05, 4.69) is 14.6 Å². The van der Waals surface area contributed by atoms with Gasteiger partial charge in [0, 0.05) is 11.3 Å². The van der Waals surface area contributed by atoms with Gasteiger partial charge < -0.3 is 0 Å². The number of carbonyl (C=O) groups excluding carboxylic acids is 2. The van der Waals surface area contributed by atoms with Crippen molar-refractivity contribution < 1.29 is 9.59 Å². The van der Waals surface area contributed by atoms with Crippen molar-refractivity contribution in [3.63, 3.8) is 0 Å². The first-order chi connectivity index (χ1) is 9.65. The predicted molar refractivity (Wildman–Crippen MR) is 75.1 cm³/mol. The average Bonchev–Trinajstić information content (AvgIpc) is 2.93. The molecule has 0 bridgehead atoms. The molecule has 3 rings (SSSR count). The fraction of sp³-hybridized carbons (Fsp3) is 0.0714. The van der Waals surface area contributed by atoms with Crippen LogP contribution in [-0.2, 0) is 0 Å². The van der Waals surface area contributed by atoms with Gasteiger partial charge in [-0.05, 0) is 48.8 Å². The fourth-order valence-corrected chi connectivity index (χ4v) is 2.44. The normalized spacial score (nSPS) is 10.7. The Labute approximate surface area is 118 Å². The van der Waals surface area contributed by atoms with Gasteiger partial charge in [0.25, 0.3) is 5.78 Å².